The molecule has 3 N–H and O–H groups in total. The zero-order valence-corrected chi connectivity index (χ0v) is 21.0. The predicted molar refractivity (Wildman–Crippen MR) is 139 cm³/mol. The number of carboxylic acids is 1. The molecule has 0 saturated carbocycles. The first-order chi connectivity index (χ1) is 17.8. The van der Waals surface area contributed by atoms with E-state index >= 15 is 0 Å². The van der Waals surface area contributed by atoms with Crippen molar-refractivity contribution in [3.63, 3.8) is 0 Å². The van der Waals surface area contributed by atoms with Crippen molar-refractivity contribution < 1.29 is 23.8 Å². The number of amides is 1. The number of likely N-dealkylation sites (N-methyl/N-ethyl adjacent to an activating group) is 1. The van der Waals surface area contributed by atoms with E-state index in [1.807, 2.05) is 0 Å². The maximum absolute atomic E-state index is 14.7. The van der Waals surface area contributed by atoms with Crippen LogP contribution >= 0.6 is 11.6 Å². The number of anilines is 4. The Balaban J connectivity index is 1.68. The van der Waals surface area contributed by atoms with Crippen LogP contribution in [-0.2, 0) is 9.59 Å². The number of carbonyl (C=O) groups is 2. The van der Waals surface area contributed by atoms with E-state index in [0.717, 1.165) is 0 Å². The van der Waals surface area contributed by atoms with E-state index in [-0.39, 0.29) is 12.1 Å². The summed E-state index contributed by atoms with van der Waals surface area (Å²) in [6.07, 6.45) is 3.76. The molecule has 0 fully saturated rings. The van der Waals surface area contributed by atoms with E-state index in [9.17, 15) is 19.1 Å². The van der Waals surface area contributed by atoms with E-state index in [1.165, 1.54) is 29.3 Å². The number of carbonyl (C=O) groups excluding carboxylic acids is 1. The van der Waals surface area contributed by atoms with E-state index < -0.39 is 17.8 Å². The zero-order chi connectivity index (χ0) is 26.5. The van der Waals surface area contributed by atoms with E-state index in [0.29, 0.717) is 65.5 Å². The molecule has 10 nitrogen and oxygen atoms in total. The third kappa shape index (κ3) is 5.89. The molecule has 2 aromatic heterocycles. The lowest BCUT2D eigenvalue weighted by Gasteiger charge is -2.27. The van der Waals surface area contributed by atoms with Crippen molar-refractivity contribution in [2.75, 3.05) is 48.8 Å². The van der Waals surface area contributed by atoms with Crippen LogP contribution in [0.5, 0.6) is 5.75 Å². The maximum atomic E-state index is 14.7. The maximum Gasteiger partial charge on any atom is 0.320 e. The molecule has 1 unspecified atom stereocenters. The van der Waals surface area contributed by atoms with Gasteiger partial charge in [0.1, 0.15) is 18.5 Å². The highest BCUT2D eigenvalue weighted by atomic mass is 35.5. The highest BCUT2D eigenvalue weighted by molar-refractivity contribution is 6.30. The predicted octanol–water partition coefficient (Wildman–Crippen LogP) is 3.85. The van der Waals surface area contributed by atoms with Gasteiger partial charge < -0.3 is 25.4 Å². The van der Waals surface area contributed by atoms with Gasteiger partial charge in [-0.05, 0) is 44.3 Å². The lowest BCUT2D eigenvalue weighted by molar-refractivity contribution is -0.142. The summed E-state index contributed by atoms with van der Waals surface area (Å²) in [5.74, 6) is -0.534. The van der Waals surface area contributed by atoms with Gasteiger partial charge in [0.2, 0.25) is 6.41 Å². The van der Waals surface area contributed by atoms with Crippen molar-refractivity contribution in [3.8, 4) is 17.0 Å². The van der Waals surface area contributed by atoms with Gasteiger partial charge >= 0.3 is 5.97 Å². The monoisotopic (exact) mass is 528 g/mol. The number of rotatable bonds is 10. The number of ether oxygens (including phenoxy) is 1. The van der Waals surface area contributed by atoms with Crippen LogP contribution < -0.4 is 20.3 Å². The topological polar surface area (TPSA) is 120 Å². The van der Waals surface area contributed by atoms with Gasteiger partial charge in [-0.15, -0.1) is 0 Å². The average molecular weight is 529 g/mol. The van der Waals surface area contributed by atoms with E-state index in [4.69, 9.17) is 16.3 Å². The van der Waals surface area contributed by atoms with Crippen molar-refractivity contribution in [1.29, 1.82) is 0 Å². The van der Waals surface area contributed by atoms with Crippen molar-refractivity contribution in [1.82, 2.24) is 14.9 Å². The van der Waals surface area contributed by atoms with Gasteiger partial charge in [0.15, 0.2) is 11.6 Å². The minimum atomic E-state index is -0.952. The van der Waals surface area contributed by atoms with Crippen molar-refractivity contribution in [2.45, 2.75) is 13.0 Å². The number of nitrogens with zero attached hydrogens (tertiary/aromatic N) is 4. The Morgan fingerprint density at radius 1 is 1.32 bits per heavy atom. The summed E-state index contributed by atoms with van der Waals surface area (Å²) in [5.41, 5.74) is 2.08. The molecule has 37 heavy (non-hydrogen) atoms. The summed E-state index contributed by atoms with van der Waals surface area (Å²) in [4.78, 5) is 35.0. The lowest BCUT2D eigenvalue weighted by Crippen LogP contribution is -2.41. The fraction of sp³-hybridized carbons (Fsp3) is 0.280. The Morgan fingerprint density at radius 2 is 2.14 bits per heavy atom. The first-order valence-electron chi connectivity index (χ1n) is 11.5. The molecule has 0 aliphatic carbocycles. The number of hydrogen-bond acceptors (Lipinski definition) is 8. The molecule has 0 spiro atoms. The number of fused-ring (bicyclic) bond motifs is 1. The van der Waals surface area contributed by atoms with Crippen LogP contribution in [0.4, 0.5) is 27.3 Å². The lowest BCUT2D eigenvalue weighted by atomic mass is 10.1. The second kappa shape index (κ2) is 11.4. The second-order valence-corrected chi connectivity index (χ2v) is 8.88. The molecule has 0 radical (unpaired) electrons. The molecule has 12 heteroatoms. The van der Waals surface area contributed by atoms with Crippen molar-refractivity contribution in [3.05, 3.63) is 53.6 Å². The standard InChI is InChI=1S/C25H26ClFN6O4/c1-15(25(35)36)32(2)8-9-33(14-34)22-13-28-6-5-19(22)30-21-12-20(17-11-16(26)3-4-18(17)27)31-24-23(21)37-10-7-29-24/h3-6,11-15H,7-10H2,1-2H3,(H,35,36)(H2,28,29,30,31). The molecule has 0 saturated heterocycles. The van der Waals surface area contributed by atoms with Crippen LogP contribution in [0, 0.1) is 5.82 Å². The fourth-order valence-corrected chi connectivity index (χ4v) is 3.96. The molecule has 1 aliphatic heterocycles. The smallest absolute Gasteiger partial charge is 0.320 e. The molecule has 0 bridgehead atoms. The summed E-state index contributed by atoms with van der Waals surface area (Å²) >= 11 is 6.11. The molecular weight excluding hydrogens is 503 g/mol. The van der Waals surface area contributed by atoms with Gasteiger partial charge in [0.05, 0.1) is 35.5 Å². The van der Waals surface area contributed by atoms with E-state index in [2.05, 4.69) is 20.6 Å². The molecule has 1 aromatic carbocycles. The first-order valence-corrected chi connectivity index (χ1v) is 11.9. The van der Waals surface area contributed by atoms with Gasteiger partial charge in [-0.1, -0.05) is 11.6 Å². The quantitative estimate of drug-likeness (QED) is 0.337. The Bertz CT molecular complexity index is 1310. The van der Waals surface area contributed by atoms with Crippen LogP contribution in [0.2, 0.25) is 5.02 Å². The number of hydrogen-bond donors (Lipinski definition) is 3. The Hall–Kier alpha value is -3.96. The number of aliphatic carboxylic acids is 1. The highest BCUT2D eigenvalue weighted by Crippen LogP contribution is 2.41. The van der Waals surface area contributed by atoms with Gasteiger partial charge in [-0.25, -0.2) is 9.37 Å². The van der Waals surface area contributed by atoms with Gasteiger partial charge in [-0.2, -0.15) is 0 Å². The van der Waals surface area contributed by atoms with Crippen LogP contribution in [0.15, 0.2) is 42.7 Å². The summed E-state index contributed by atoms with van der Waals surface area (Å²) < 4.78 is 20.5. The van der Waals surface area contributed by atoms with Gasteiger partial charge in [-0.3, -0.25) is 19.5 Å². The molecule has 4 rings (SSSR count). The largest absolute Gasteiger partial charge is 0.486 e. The Labute approximate surface area is 218 Å². The van der Waals surface area contributed by atoms with Crippen LogP contribution in [0.3, 0.4) is 0 Å². The summed E-state index contributed by atoms with van der Waals surface area (Å²) in [6.45, 7) is 3.06. The molecule has 194 valence electrons. The SMILES string of the molecule is CC(C(=O)O)N(C)CCN(C=O)c1cnccc1Nc1cc(-c2cc(Cl)ccc2F)nc2c1OCCN2. The molecule has 1 aliphatic rings. The highest BCUT2D eigenvalue weighted by Gasteiger charge is 2.22. The number of aromatic nitrogens is 2. The normalized spacial score (nSPS) is 13.2. The van der Waals surface area contributed by atoms with Crippen LogP contribution in [0.1, 0.15) is 6.92 Å². The number of carboxylic acid groups (broad SMARTS) is 1. The average Bonchev–Trinajstić information content (AvgIpc) is 2.90. The third-order valence-electron chi connectivity index (χ3n) is 6.04. The third-order valence-corrected chi connectivity index (χ3v) is 6.27. The van der Waals surface area contributed by atoms with Gasteiger partial charge in [0.25, 0.3) is 0 Å². The number of pyridine rings is 2. The Kier molecular flexibility index (Phi) is 8.04. The number of halogens is 2. The van der Waals surface area contributed by atoms with Crippen molar-refractivity contribution in [2.24, 2.45) is 0 Å². The molecule has 1 amide bonds. The summed E-state index contributed by atoms with van der Waals surface area (Å²) in [7, 11) is 1.67. The second-order valence-electron chi connectivity index (χ2n) is 8.44. The molecule has 3 aromatic rings. The Morgan fingerprint density at radius 3 is 2.89 bits per heavy atom. The minimum Gasteiger partial charge on any atom is -0.486 e. The fourth-order valence-electron chi connectivity index (χ4n) is 3.79. The molecule has 3 heterocycles. The minimum absolute atomic E-state index is 0.226. The molecule has 1 atom stereocenters. The van der Waals surface area contributed by atoms with E-state index in [1.54, 1.807) is 37.2 Å². The zero-order valence-electron chi connectivity index (χ0n) is 20.2. The summed E-state index contributed by atoms with van der Waals surface area (Å²) in [6, 6.07) is 6.88. The first kappa shape index (κ1) is 26.1. The number of nitrogens with one attached hydrogen (secondary N) is 2. The van der Waals surface area contributed by atoms with Crippen LogP contribution in [-0.4, -0.2) is 71.7 Å². The number of benzene rings is 1. The molecular formula is C25H26ClFN6O4. The van der Waals surface area contributed by atoms with Crippen molar-refractivity contribution >= 4 is 46.9 Å². The van der Waals surface area contributed by atoms with Gasteiger partial charge in [0, 0.05) is 29.9 Å². The van der Waals surface area contributed by atoms with Crippen LogP contribution in [0.25, 0.3) is 11.3 Å². The summed E-state index contributed by atoms with van der Waals surface area (Å²) in [5, 5.41) is 16.1.